The first kappa shape index (κ1) is 14.9. The molecule has 22 heavy (non-hydrogen) atoms. The maximum absolute atomic E-state index is 13.5. The van der Waals surface area contributed by atoms with E-state index in [2.05, 4.69) is 10.0 Å². The molecule has 5 heteroatoms. The zero-order valence-electron chi connectivity index (χ0n) is 12.1. The standard InChI is InChI=1S/C17H17ClFN3/c18-15-5-7-16(8-6-15)21-9-11-22(12-10-21)20-13-14-3-1-2-4-17(14)19/h1-8,13H,9-12H2/b20-13+. The summed E-state index contributed by atoms with van der Waals surface area (Å²) in [6, 6.07) is 14.5. The molecule has 1 fully saturated rings. The fourth-order valence-corrected chi connectivity index (χ4v) is 2.57. The number of rotatable bonds is 3. The largest absolute Gasteiger partial charge is 0.368 e. The van der Waals surface area contributed by atoms with Gasteiger partial charge in [0, 0.05) is 29.4 Å². The Labute approximate surface area is 134 Å². The molecule has 0 aromatic heterocycles. The molecule has 1 heterocycles. The average Bonchev–Trinajstić information content (AvgIpc) is 2.55. The first-order valence-corrected chi connectivity index (χ1v) is 7.64. The molecular formula is C17H17ClFN3. The highest BCUT2D eigenvalue weighted by atomic mass is 35.5. The van der Waals surface area contributed by atoms with Crippen LogP contribution in [0.4, 0.5) is 10.1 Å². The Bertz CT molecular complexity index is 649. The number of hydrogen-bond donors (Lipinski definition) is 0. The molecule has 0 atom stereocenters. The van der Waals surface area contributed by atoms with E-state index in [1.807, 2.05) is 35.3 Å². The molecule has 0 aliphatic carbocycles. The minimum Gasteiger partial charge on any atom is -0.368 e. The van der Waals surface area contributed by atoms with Gasteiger partial charge in [-0.15, -0.1) is 0 Å². The van der Waals surface area contributed by atoms with Gasteiger partial charge in [0.05, 0.1) is 19.3 Å². The number of anilines is 1. The maximum Gasteiger partial charge on any atom is 0.132 e. The SMILES string of the molecule is Fc1ccccc1/C=N/N1CCN(c2ccc(Cl)cc2)CC1. The Morgan fingerprint density at radius 3 is 2.32 bits per heavy atom. The third-order valence-corrected chi connectivity index (χ3v) is 3.97. The Hall–Kier alpha value is -2.07. The van der Waals surface area contributed by atoms with Gasteiger partial charge in [0.15, 0.2) is 0 Å². The molecule has 3 nitrogen and oxygen atoms in total. The van der Waals surface area contributed by atoms with E-state index in [0.29, 0.717) is 5.56 Å². The van der Waals surface area contributed by atoms with E-state index < -0.39 is 0 Å². The fourth-order valence-electron chi connectivity index (χ4n) is 2.45. The van der Waals surface area contributed by atoms with E-state index in [1.54, 1.807) is 18.3 Å². The molecule has 0 N–H and O–H groups in total. The molecule has 2 aromatic rings. The molecular weight excluding hydrogens is 301 g/mol. The first-order valence-electron chi connectivity index (χ1n) is 7.26. The second kappa shape index (κ2) is 6.79. The number of nitrogens with zero attached hydrogens (tertiary/aromatic N) is 3. The highest BCUT2D eigenvalue weighted by Crippen LogP contribution is 2.19. The third kappa shape index (κ3) is 3.57. The number of benzene rings is 2. The normalized spacial score (nSPS) is 15.5. The van der Waals surface area contributed by atoms with Crippen LogP contribution in [0.3, 0.4) is 0 Å². The molecule has 0 saturated carbocycles. The van der Waals surface area contributed by atoms with Crippen molar-refractivity contribution in [3.8, 4) is 0 Å². The van der Waals surface area contributed by atoms with Crippen molar-refractivity contribution < 1.29 is 4.39 Å². The van der Waals surface area contributed by atoms with Gasteiger partial charge in [-0.1, -0.05) is 29.8 Å². The van der Waals surface area contributed by atoms with Gasteiger partial charge in [0.1, 0.15) is 5.82 Å². The van der Waals surface area contributed by atoms with Crippen LogP contribution >= 0.6 is 11.6 Å². The molecule has 0 radical (unpaired) electrons. The van der Waals surface area contributed by atoms with Gasteiger partial charge >= 0.3 is 0 Å². The molecule has 3 rings (SSSR count). The van der Waals surface area contributed by atoms with Crippen molar-refractivity contribution >= 4 is 23.5 Å². The summed E-state index contributed by atoms with van der Waals surface area (Å²) >= 11 is 5.91. The van der Waals surface area contributed by atoms with E-state index in [4.69, 9.17) is 11.6 Å². The highest BCUT2D eigenvalue weighted by Gasteiger charge is 2.15. The van der Waals surface area contributed by atoms with E-state index in [1.165, 1.54) is 11.8 Å². The molecule has 0 spiro atoms. The lowest BCUT2D eigenvalue weighted by Gasteiger charge is -2.34. The maximum atomic E-state index is 13.5. The van der Waals surface area contributed by atoms with Crippen molar-refractivity contribution in [2.75, 3.05) is 31.1 Å². The van der Waals surface area contributed by atoms with Gasteiger partial charge in [-0.3, -0.25) is 5.01 Å². The van der Waals surface area contributed by atoms with Crippen molar-refractivity contribution in [3.63, 3.8) is 0 Å². The molecule has 1 aliphatic heterocycles. The summed E-state index contributed by atoms with van der Waals surface area (Å²) in [5.41, 5.74) is 1.68. The van der Waals surface area contributed by atoms with E-state index in [9.17, 15) is 4.39 Å². The summed E-state index contributed by atoms with van der Waals surface area (Å²) in [6.45, 7) is 3.40. The van der Waals surface area contributed by atoms with Crippen LogP contribution in [0.5, 0.6) is 0 Å². The molecule has 0 bridgehead atoms. The molecule has 1 aliphatic rings. The first-order chi connectivity index (χ1) is 10.7. The molecule has 114 valence electrons. The smallest absolute Gasteiger partial charge is 0.132 e. The summed E-state index contributed by atoms with van der Waals surface area (Å²) in [4.78, 5) is 2.30. The van der Waals surface area contributed by atoms with E-state index in [-0.39, 0.29) is 5.82 Å². The zero-order valence-corrected chi connectivity index (χ0v) is 12.9. The van der Waals surface area contributed by atoms with Crippen LogP contribution < -0.4 is 4.90 Å². The Kier molecular flexibility index (Phi) is 4.59. The van der Waals surface area contributed by atoms with Gasteiger partial charge in [-0.05, 0) is 30.3 Å². The summed E-state index contributed by atoms with van der Waals surface area (Å²) in [6.07, 6.45) is 1.59. The van der Waals surface area contributed by atoms with Gasteiger partial charge in [0.25, 0.3) is 0 Å². The fraction of sp³-hybridized carbons (Fsp3) is 0.235. The average molecular weight is 318 g/mol. The van der Waals surface area contributed by atoms with E-state index >= 15 is 0 Å². The second-order valence-corrected chi connectivity index (χ2v) is 5.62. The quantitative estimate of drug-likeness (QED) is 0.805. The van der Waals surface area contributed by atoms with Crippen LogP contribution in [0.2, 0.25) is 5.02 Å². The van der Waals surface area contributed by atoms with Crippen LogP contribution in [-0.2, 0) is 0 Å². The van der Waals surface area contributed by atoms with Gasteiger partial charge in [-0.25, -0.2) is 4.39 Å². The zero-order chi connectivity index (χ0) is 15.4. The van der Waals surface area contributed by atoms with Crippen LogP contribution in [0.15, 0.2) is 53.6 Å². The molecule has 2 aromatic carbocycles. The number of halogens is 2. The van der Waals surface area contributed by atoms with Crippen LogP contribution in [0.25, 0.3) is 0 Å². The van der Waals surface area contributed by atoms with Crippen LogP contribution in [0, 0.1) is 5.82 Å². The predicted molar refractivity (Wildman–Crippen MR) is 89.2 cm³/mol. The van der Waals surface area contributed by atoms with Crippen molar-refractivity contribution in [1.82, 2.24) is 5.01 Å². The number of hydrogen-bond acceptors (Lipinski definition) is 3. The van der Waals surface area contributed by atoms with Crippen molar-refractivity contribution in [1.29, 1.82) is 0 Å². The summed E-state index contributed by atoms with van der Waals surface area (Å²) < 4.78 is 13.5. The number of hydrazone groups is 1. The minimum absolute atomic E-state index is 0.244. The minimum atomic E-state index is -0.244. The Balaban J connectivity index is 1.58. The predicted octanol–water partition coefficient (Wildman–Crippen LogP) is 3.64. The summed E-state index contributed by atoms with van der Waals surface area (Å²) in [5.74, 6) is -0.244. The monoisotopic (exact) mass is 317 g/mol. The Morgan fingerprint density at radius 1 is 0.955 bits per heavy atom. The number of piperazine rings is 1. The highest BCUT2D eigenvalue weighted by molar-refractivity contribution is 6.30. The second-order valence-electron chi connectivity index (χ2n) is 5.18. The summed E-state index contributed by atoms with van der Waals surface area (Å²) in [7, 11) is 0. The van der Waals surface area contributed by atoms with Gasteiger partial charge in [0.2, 0.25) is 0 Å². The van der Waals surface area contributed by atoms with E-state index in [0.717, 1.165) is 31.2 Å². The lowest BCUT2D eigenvalue weighted by molar-refractivity contribution is 0.272. The molecule has 0 unspecified atom stereocenters. The lowest BCUT2D eigenvalue weighted by Crippen LogP contribution is -2.44. The Morgan fingerprint density at radius 2 is 1.64 bits per heavy atom. The van der Waals surface area contributed by atoms with Crippen molar-refractivity contribution in [2.45, 2.75) is 0 Å². The van der Waals surface area contributed by atoms with Gasteiger partial charge in [-0.2, -0.15) is 5.10 Å². The molecule has 0 amide bonds. The van der Waals surface area contributed by atoms with Crippen molar-refractivity contribution in [3.05, 3.63) is 64.9 Å². The summed E-state index contributed by atoms with van der Waals surface area (Å²) in [5, 5.41) is 7.10. The van der Waals surface area contributed by atoms with Crippen LogP contribution in [-0.4, -0.2) is 37.4 Å². The topological polar surface area (TPSA) is 18.8 Å². The molecule has 1 saturated heterocycles. The van der Waals surface area contributed by atoms with Gasteiger partial charge < -0.3 is 4.90 Å². The van der Waals surface area contributed by atoms with Crippen LogP contribution in [0.1, 0.15) is 5.56 Å². The third-order valence-electron chi connectivity index (χ3n) is 3.71. The lowest BCUT2D eigenvalue weighted by atomic mass is 10.2. The van der Waals surface area contributed by atoms with Crippen molar-refractivity contribution in [2.24, 2.45) is 5.10 Å².